The largest absolute Gasteiger partial charge is 0.464 e. The highest BCUT2D eigenvalue weighted by Crippen LogP contribution is 2.19. The molecule has 0 fully saturated rings. The molecule has 92 valence electrons. The van der Waals surface area contributed by atoms with Gasteiger partial charge in [-0.2, -0.15) is 0 Å². The Balaban J connectivity index is 2.14. The third kappa shape index (κ3) is 2.57. The van der Waals surface area contributed by atoms with E-state index in [0.717, 1.165) is 23.8 Å². The first-order valence-corrected chi connectivity index (χ1v) is 5.75. The summed E-state index contributed by atoms with van der Waals surface area (Å²) < 4.78 is 7.68. The van der Waals surface area contributed by atoms with E-state index in [4.69, 9.17) is 10.3 Å². The highest BCUT2D eigenvalue weighted by atomic mass is 16.3. The van der Waals surface area contributed by atoms with E-state index < -0.39 is 0 Å². The van der Waals surface area contributed by atoms with Crippen molar-refractivity contribution in [1.82, 2.24) is 15.0 Å². The smallest absolute Gasteiger partial charge is 0.122 e. The number of nitrogens with one attached hydrogen (secondary N) is 1. The van der Waals surface area contributed by atoms with Crippen molar-refractivity contribution in [3.8, 4) is 0 Å². The minimum atomic E-state index is -0.0450. The number of aromatic nitrogens is 2. The SMILES string of the molecule is CCc1ccc(C(Cc2nccn2C)NN)o1. The Morgan fingerprint density at radius 3 is 2.88 bits per heavy atom. The molecule has 0 radical (unpaired) electrons. The fraction of sp³-hybridized carbons (Fsp3) is 0.417. The average molecular weight is 234 g/mol. The first-order valence-electron chi connectivity index (χ1n) is 5.75. The van der Waals surface area contributed by atoms with Crippen molar-refractivity contribution in [2.24, 2.45) is 12.9 Å². The molecule has 2 aromatic rings. The van der Waals surface area contributed by atoms with Crippen LogP contribution in [-0.2, 0) is 19.9 Å². The Labute approximate surface area is 101 Å². The van der Waals surface area contributed by atoms with Gasteiger partial charge in [0.1, 0.15) is 17.3 Å². The van der Waals surface area contributed by atoms with Crippen LogP contribution in [0.5, 0.6) is 0 Å². The second kappa shape index (κ2) is 5.16. The van der Waals surface area contributed by atoms with Gasteiger partial charge in [-0.25, -0.2) is 10.4 Å². The molecule has 0 amide bonds. The molecule has 0 bridgehead atoms. The second-order valence-corrected chi connectivity index (χ2v) is 4.04. The van der Waals surface area contributed by atoms with Gasteiger partial charge >= 0.3 is 0 Å². The van der Waals surface area contributed by atoms with E-state index in [1.165, 1.54) is 0 Å². The van der Waals surface area contributed by atoms with Gasteiger partial charge in [-0.1, -0.05) is 6.92 Å². The molecule has 0 aromatic carbocycles. The van der Waals surface area contributed by atoms with E-state index in [9.17, 15) is 0 Å². The Hall–Kier alpha value is -1.59. The molecule has 2 rings (SSSR count). The Morgan fingerprint density at radius 2 is 2.35 bits per heavy atom. The Bertz CT molecular complexity index is 474. The van der Waals surface area contributed by atoms with E-state index in [2.05, 4.69) is 17.3 Å². The predicted octanol–water partition coefficient (Wildman–Crippen LogP) is 1.32. The van der Waals surface area contributed by atoms with Crippen LogP contribution in [0.15, 0.2) is 28.9 Å². The zero-order valence-electron chi connectivity index (χ0n) is 10.2. The molecule has 0 saturated carbocycles. The molecule has 3 N–H and O–H groups in total. The lowest BCUT2D eigenvalue weighted by molar-refractivity contribution is 0.391. The summed E-state index contributed by atoms with van der Waals surface area (Å²) in [6.07, 6.45) is 5.29. The van der Waals surface area contributed by atoms with E-state index in [-0.39, 0.29) is 6.04 Å². The summed E-state index contributed by atoms with van der Waals surface area (Å²) in [7, 11) is 1.97. The van der Waals surface area contributed by atoms with Gasteiger partial charge in [-0.3, -0.25) is 5.84 Å². The maximum absolute atomic E-state index is 5.69. The van der Waals surface area contributed by atoms with E-state index in [1.807, 2.05) is 29.9 Å². The molecule has 0 aliphatic carbocycles. The van der Waals surface area contributed by atoms with Gasteiger partial charge in [-0.05, 0) is 12.1 Å². The maximum atomic E-state index is 5.69. The van der Waals surface area contributed by atoms with Crippen LogP contribution < -0.4 is 11.3 Å². The minimum absolute atomic E-state index is 0.0450. The van der Waals surface area contributed by atoms with Crippen LogP contribution in [-0.4, -0.2) is 9.55 Å². The molecule has 2 aromatic heterocycles. The average Bonchev–Trinajstić information content (AvgIpc) is 2.95. The van der Waals surface area contributed by atoms with Crippen LogP contribution in [0.1, 0.15) is 30.3 Å². The Morgan fingerprint density at radius 1 is 1.53 bits per heavy atom. The highest BCUT2D eigenvalue weighted by Gasteiger charge is 2.16. The van der Waals surface area contributed by atoms with Crippen LogP contribution in [0.3, 0.4) is 0 Å². The summed E-state index contributed by atoms with van der Waals surface area (Å²) in [5, 5.41) is 0. The molecule has 5 heteroatoms. The van der Waals surface area contributed by atoms with Crippen molar-refractivity contribution in [1.29, 1.82) is 0 Å². The molecular weight excluding hydrogens is 216 g/mol. The lowest BCUT2D eigenvalue weighted by Gasteiger charge is -2.13. The first-order chi connectivity index (χ1) is 8.24. The standard InChI is InChI=1S/C12H18N4O/c1-3-9-4-5-11(17-9)10(15-13)8-12-14-6-7-16(12)2/h4-7,10,15H,3,8,13H2,1-2H3. The quantitative estimate of drug-likeness (QED) is 0.605. The molecule has 0 saturated heterocycles. The van der Waals surface area contributed by atoms with E-state index >= 15 is 0 Å². The summed E-state index contributed by atoms with van der Waals surface area (Å²) in [5.74, 6) is 8.38. The Kier molecular flexibility index (Phi) is 3.61. The van der Waals surface area contributed by atoms with Crippen LogP contribution in [0, 0.1) is 0 Å². The monoisotopic (exact) mass is 234 g/mol. The third-order valence-electron chi connectivity index (χ3n) is 2.88. The maximum Gasteiger partial charge on any atom is 0.122 e. The number of hydrogen-bond acceptors (Lipinski definition) is 4. The number of hydrazine groups is 1. The lowest BCUT2D eigenvalue weighted by Crippen LogP contribution is -2.30. The van der Waals surface area contributed by atoms with Crippen LogP contribution in [0.25, 0.3) is 0 Å². The molecule has 5 nitrogen and oxygen atoms in total. The van der Waals surface area contributed by atoms with Gasteiger partial charge in [0, 0.05) is 32.3 Å². The zero-order valence-corrected chi connectivity index (χ0v) is 10.2. The molecular formula is C12H18N4O. The molecule has 0 aliphatic heterocycles. The number of furan rings is 1. The van der Waals surface area contributed by atoms with Crippen molar-refractivity contribution < 1.29 is 4.42 Å². The number of aryl methyl sites for hydroxylation is 2. The number of imidazole rings is 1. The third-order valence-corrected chi connectivity index (χ3v) is 2.88. The van der Waals surface area contributed by atoms with Gasteiger partial charge in [0.25, 0.3) is 0 Å². The molecule has 0 aliphatic rings. The molecule has 2 heterocycles. The molecule has 0 spiro atoms. The van der Waals surface area contributed by atoms with E-state index in [1.54, 1.807) is 6.20 Å². The summed E-state index contributed by atoms with van der Waals surface area (Å²) in [6.45, 7) is 2.06. The highest BCUT2D eigenvalue weighted by molar-refractivity contribution is 5.12. The predicted molar refractivity (Wildman–Crippen MR) is 65.1 cm³/mol. The van der Waals surface area contributed by atoms with Gasteiger partial charge in [0.05, 0.1) is 6.04 Å². The second-order valence-electron chi connectivity index (χ2n) is 4.04. The van der Waals surface area contributed by atoms with Crippen molar-refractivity contribution in [3.63, 3.8) is 0 Å². The first kappa shape index (κ1) is 11.9. The number of hydrogen-bond donors (Lipinski definition) is 2. The summed E-state index contributed by atoms with van der Waals surface area (Å²) in [4.78, 5) is 4.28. The van der Waals surface area contributed by atoms with Crippen molar-refractivity contribution >= 4 is 0 Å². The van der Waals surface area contributed by atoms with E-state index in [0.29, 0.717) is 6.42 Å². The summed E-state index contributed by atoms with van der Waals surface area (Å²) in [5.41, 5.74) is 2.77. The lowest BCUT2D eigenvalue weighted by atomic mass is 10.1. The number of nitrogens with zero attached hydrogens (tertiary/aromatic N) is 2. The molecule has 17 heavy (non-hydrogen) atoms. The van der Waals surface area contributed by atoms with Crippen molar-refractivity contribution in [2.45, 2.75) is 25.8 Å². The topological polar surface area (TPSA) is 69.0 Å². The fourth-order valence-electron chi connectivity index (χ4n) is 1.79. The van der Waals surface area contributed by atoms with Crippen molar-refractivity contribution in [2.75, 3.05) is 0 Å². The molecule has 1 unspecified atom stereocenters. The van der Waals surface area contributed by atoms with Gasteiger partial charge in [0.2, 0.25) is 0 Å². The van der Waals surface area contributed by atoms with Crippen molar-refractivity contribution in [3.05, 3.63) is 41.9 Å². The minimum Gasteiger partial charge on any atom is -0.464 e. The van der Waals surface area contributed by atoms with Gasteiger partial charge in [-0.15, -0.1) is 0 Å². The fourth-order valence-corrected chi connectivity index (χ4v) is 1.79. The molecule has 1 atom stereocenters. The number of nitrogens with two attached hydrogens (primary N) is 1. The number of rotatable bonds is 5. The zero-order chi connectivity index (χ0) is 12.3. The van der Waals surface area contributed by atoms with Crippen LogP contribution in [0.2, 0.25) is 0 Å². The summed E-state index contributed by atoms with van der Waals surface area (Å²) >= 11 is 0. The normalized spacial score (nSPS) is 12.9. The summed E-state index contributed by atoms with van der Waals surface area (Å²) in [6, 6.07) is 3.90. The van der Waals surface area contributed by atoms with Crippen LogP contribution >= 0.6 is 0 Å². The van der Waals surface area contributed by atoms with Crippen LogP contribution in [0.4, 0.5) is 0 Å². The van der Waals surface area contributed by atoms with Gasteiger partial charge in [0.15, 0.2) is 0 Å². The van der Waals surface area contributed by atoms with Gasteiger partial charge < -0.3 is 8.98 Å².